The van der Waals surface area contributed by atoms with Crippen molar-refractivity contribution in [1.82, 2.24) is 29.8 Å². The Balaban J connectivity index is 1.28. The first-order chi connectivity index (χ1) is 21.2. The third kappa shape index (κ3) is 7.87. The Hall–Kier alpha value is -4.73. The van der Waals surface area contributed by atoms with Gasteiger partial charge in [-0.05, 0) is 50.2 Å². The molecule has 4 heterocycles. The number of carbonyl (C=O) groups is 2. The monoisotopic (exact) mass is 635 g/mol. The molecular weight excluding hydrogens is 608 g/mol. The van der Waals surface area contributed by atoms with Crippen LogP contribution < -0.4 is 15.4 Å². The van der Waals surface area contributed by atoms with Crippen LogP contribution in [0.15, 0.2) is 48.8 Å². The second-order valence-corrected chi connectivity index (χ2v) is 10.6. The highest BCUT2D eigenvalue weighted by molar-refractivity contribution is 5.96. The van der Waals surface area contributed by atoms with E-state index in [1.807, 2.05) is 0 Å². The number of fused-ring (bicyclic) bond motifs is 1. The first kappa shape index (κ1) is 31.7. The number of pyridine rings is 1. The topological polar surface area (TPSA) is 114 Å². The summed E-state index contributed by atoms with van der Waals surface area (Å²) < 4.78 is 84.3. The van der Waals surface area contributed by atoms with E-state index in [9.17, 15) is 35.9 Å². The van der Waals surface area contributed by atoms with Gasteiger partial charge in [0.1, 0.15) is 11.6 Å². The van der Waals surface area contributed by atoms with E-state index in [-0.39, 0.29) is 49.4 Å². The SMILES string of the molecule is Cc1ncc(-c2ccc3nc(NC(=O)CN4CCC(F)(F)CC4)cn3n2)cc1C(=O)N[C@H](C)c1cc(OC(F)(F)F)ccc1F. The van der Waals surface area contributed by atoms with Gasteiger partial charge in [-0.25, -0.2) is 22.7 Å². The Labute approximate surface area is 252 Å². The second kappa shape index (κ2) is 12.3. The first-order valence-electron chi connectivity index (χ1n) is 13.8. The highest BCUT2D eigenvalue weighted by Gasteiger charge is 2.34. The summed E-state index contributed by atoms with van der Waals surface area (Å²) in [4.78, 5) is 35.8. The quantitative estimate of drug-likeness (QED) is 0.253. The molecule has 1 atom stereocenters. The van der Waals surface area contributed by atoms with Gasteiger partial charge in [-0.2, -0.15) is 5.10 Å². The van der Waals surface area contributed by atoms with E-state index >= 15 is 0 Å². The Kier molecular flexibility index (Phi) is 8.69. The molecule has 0 spiro atoms. The van der Waals surface area contributed by atoms with Crippen LogP contribution in [0.5, 0.6) is 5.75 Å². The van der Waals surface area contributed by atoms with Crippen molar-refractivity contribution in [2.75, 3.05) is 25.0 Å². The number of piperidine rings is 1. The van der Waals surface area contributed by atoms with Crippen LogP contribution in [0.25, 0.3) is 16.9 Å². The molecular formula is C29H27F6N7O3. The molecule has 0 saturated carbocycles. The lowest BCUT2D eigenvalue weighted by Crippen LogP contribution is -2.43. The lowest BCUT2D eigenvalue weighted by atomic mass is 10.0. The largest absolute Gasteiger partial charge is 0.573 e. The molecule has 1 saturated heterocycles. The normalized spacial score (nSPS) is 15.9. The summed E-state index contributed by atoms with van der Waals surface area (Å²) in [5, 5.41) is 9.70. The molecule has 238 valence electrons. The van der Waals surface area contributed by atoms with E-state index in [1.165, 1.54) is 29.9 Å². The van der Waals surface area contributed by atoms with Crippen LogP contribution in [0.3, 0.4) is 0 Å². The van der Waals surface area contributed by atoms with Gasteiger partial charge >= 0.3 is 6.36 Å². The third-order valence-corrected chi connectivity index (χ3v) is 7.18. The fourth-order valence-corrected chi connectivity index (χ4v) is 4.83. The Morgan fingerprint density at radius 2 is 1.84 bits per heavy atom. The van der Waals surface area contributed by atoms with Crippen LogP contribution in [0.2, 0.25) is 0 Å². The Morgan fingerprint density at radius 1 is 1.11 bits per heavy atom. The van der Waals surface area contributed by atoms with Crippen molar-refractivity contribution < 1.29 is 40.7 Å². The predicted molar refractivity (Wildman–Crippen MR) is 149 cm³/mol. The molecule has 1 aliphatic rings. The second-order valence-electron chi connectivity index (χ2n) is 10.6. The minimum absolute atomic E-state index is 0.0550. The van der Waals surface area contributed by atoms with Gasteiger partial charge in [0.05, 0.1) is 35.7 Å². The number of aromatic nitrogens is 4. The molecule has 3 aromatic heterocycles. The average Bonchev–Trinajstić information content (AvgIpc) is 3.36. The molecule has 2 N–H and O–H groups in total. The number of alkyl halides is 5. The summed E-state index contributed by atoms with van der Waals surface area (Å²) in [7, 11) is 0. The lowest BCUT2D eigenvalue weighted by molar-refractivity contribution is -0.274. The molecule has 2 amide bonds. The number of anilines is 1. The standard InChI is InChI=1S/C29H27F6N7O3/c1-16-21(27(44)37-17(2)20-12-19(3-4-22(20)30)45-29(33,34)35)11-18(13-36-16)23-5-6-25-38-24(14-42(25)40-23)39-26(43)15-41-9-7-28(31,32)8-10-41/h3-6,11-14,17H,7-10,15H2,1-2H3,(H,37,44)(H,39,43)/t17-/m1/s1. The summed E-state index contributed by atoms with van der Waals surface area (Å²) in [5.74, 6) is -5.01. The van der Waals surface area contributed by atoms with Crippen LogP contribution in [0.1, 0.15) is 47.4 Å². The zero-order chi connectivity index (χ0) is 32.5. The number of benzene rings is 1. The number of rotatable bonds is 8. The van der Waals surface area contributed by atoms with E-state index < -0.39 is 41.7 Å². The van der Waals surface area contributed by atoms with Crippen LogP contribution in [0, 0.1) is 12.7 Å². The highest BCUT2D eigenvalue weighted by atomic mass is 19.4. The fourth-order valence-electron chi connectivity index (χ4n) is 4.83. The number of carbonyl (C=O) groups excluding carboxylic acids is 2. The van der Waals surface area contributed by atoms with Gasteiger partial charge in [-0.1, -0.05) is 0 Å². The zero-order valence-corrected chi connectivity index (χ0v) is 24.0. The van der Waals surface area contributed by atoms with Gasteiger partial charge in [0.2, 0.25) is 5.91 Å². The van der Waals surface area contributed by atoms with Crippen molar-refractivity contribution in [3.05, 3.63) is 71.4 Å². The summed E-state index contributed by atoms with van der Waals surface area (Å²) in [6, 6.07) is 6.26. The molecule has 5 rings (SSSR count). The van der Waals surface area contributed by atoms with Crippen molar-refractivity contribution in [3.8, 4) is 17.0 Å². The van der Waals surface area contributed by atoms with Crippen molar-refractivity contribution in [3.63, 3.8) is 0 Å². The molecule has 45 heavy (non-hydrogen) atoms. The molecule has 0 bridgehead atoms. The number of halogens is 6. The lowest BCUT2D eigenvalue weighted by Gasteiger charge is -2.30. The van der Waals surface area contributed by atoms with Crippen LogP contribution >= 0.6 is 0 Å². The van der Waals surface area contributed by atoms with Crippen LogP contribution in [0.4, 0.5) is 32.2 Å². The van der Waals surface area contributed by atoms with E-state index in [0.717, 1.165) is 18.2 Å². The molecule has 1 aromatic carbocycles. The maximum Gasteiger partial charge on any atom is 0.573 e. The number of amides is 2. The smallest absolute Gasteiger partial charge is 0.406 e. The van der Waals surface area contributed by atoms with Crippen molar-refractivity contribution in [1.29, 1.82) is 0 Å². The van der Waals surface area contributed by atoms with Crippen molar-refractivity contribution in [2.45, 2.75) is 45.0 Å². The van der Waals surface area contributed by atoms with Crippen LogP contribution in [-0.2, 0) is 4.79 Å². The molecule has 1 aliphatic heterocycles. The van der Waals surface area contributed by atoms with Gasteiger partial charge in [0, 0.05) is 43.3 Å². The molecule has 10 nitrogen and oxygen atoms in total. The van der Waals surface area contributed by atoms with Gasteiger partial charge in [0.15, 0.2) is 11.5 Å². The number of imidazole rings is 1. The van der Waals surface area contributed by atoms with Gasteiger partial charge < -0.3 is 15.4 Å². The molecule has 1 fully saturated rings. The number of nitrogens with zero attached hydrogens (tertiary/aromatic N) is 5. The average molecular weight is 636 g/mol. The number of nitrogens with one attached hydrogen (secondary N) is 2. The van der Waals surface area contributed by atoms with E-state index in [2.05, 4.69) is 30.4 Å². The number of likely N-dealkylation sites (tertiary alicyclic amines) is 1. The number of hydrogen-bond acceptors (Lipinski definition) is 7. The van der Waals surface area contributed by atoms with Gasteiger partial charge in [-0.3, -0.25) is 19.5 Å². The molecule has 0 radical (unpaired) electrons. The Morgan fingerprint density at radius 3 is 2.56 bits per heavy atom. The number of aryl methyl sites for hydroxylation is 1. The summed E-state index contributed by atoms with van der Waals surface area (Å²) >= 11 is 0. The van der Waals surface area contributed by atoms with E-state index in [1.54, 1.807) is 24.0 Å². The molecule has 0 aliphatic carbocycles. The predicted octanol–water partition coefficient (Wildman–Crippen LogP) is 5.30. The Bertz CT molecular complexity index is 1730. The zero-order valence-electron chi connectivity index (χ0n) is 24.0. The maximum atomic E-state index is 14.4. The van der Waals surface area contributed by atoms with Gasteiger partial charge in [0.25, 0.3) is 11.8 Å². The maximum absolute atomic E-state index is 14.4. The fraction of sp³-hybridized carbons (Fsp3) is 0.345. The van der Waals surface area contributed by atoms with E-state index in [4.69, 9.17) is 0 Å². The van der Waals surface area contributed by atoms with Crippen molar-refractivity contribution >= 4 is 23.3 Å². The number of hydrogen-bond donors (Lipinski definition) is 2. The van der Waals surface area contributed by atoms with Crippen LogP contribution in [-0.4, -0.2) is 68.2 Å². The summed E-state index contributed by atoms with van der Waals surface area (Å²) in [6.45, 7) is 3.16. The molecule has 0 unspecified atom stereocenters. The van der Waals surface area contributed by atoms with Crippen molar-refractivity contribution in [2.24, 2.45) is 0 Å². The number of ether oxygens (including phenoxy) is 1. The van der Waals surface area contributed by atoms with E-state index in [0.29, 0.717) is 22.6 Å². The minimum atomic E-state index is -4.97. The summed E-state index contributed by atoms with van der Waals surface area (Å²) in [5.41, 5.74) is 1.48. The first-order valence-corrected chi connectivity index (χ1v) is 13.8. The minimum Gasteiger partial charge on any atom is -0.406 e. The molecule has 4 aromatic rings. The summed E-state index contributed by atoms with van der Waals surface area (Å²) in [6.07, 6.45) is -2.60. The third-order valence-electron chi connectivity index (χ3n) is 7.18. The highest BCUT2D eigenvalue weighted by Crippen LogP contribution is 2.29. The van der Waals surface area contributed by atoms with Gasteiger partial charge in [-0.15, -0.1) is 13.2 Å². The molecule has 16 heteroatoms.